The standard InChI is InChI=1S/C34H38N2O3/c1-24-32(22-36(2)21-25-7-4-3-5-8-25)38-34(39-33(24)29-13-11-26(23-37)12-14-29)30-17-15-28(16-18-30)31-10-6-9-27(19-31)20-35/h3-19,24,32-34,37H,20-23,35H2,1-2H3/t24-,32+,33+,34+/m1/s1. The number of hydrogen-bond acceptors (Lipinski definition) is 5. The van der Waals surface area contributed by atoms with Crippen molar-refractivity contribution in [3.63, 3.8) is 0 Å². The Kier molecular flexibility index (Phi) is 8.87. The third-order valence-electron chi connectivity index (χ3n) is 7.59. The Bertz CT molecular complexity index is 1320. The fourth-order valence-electron chi connectivity index (χ4n) is 5.31. The maximum absolute atomic E-state index is 9.51. The Morgan fingerprint density at radius 1 is 0.744 bits per heavy atom. The molecule has 0 radical (unpaired) electrons. The van der Waals surface area contributed by atoms with Gasteiger partial charge in [0.1, 0.15) is 0 Å². The highest BCUT2D eigenvalue weighted by molar-refractivity contribution is 5.64. The lowest BCUT2D eigenvalue weighted by Crippen LogP contribution is -2.43. The Labute approximate surface area is 231 Å². The lowest BCUT2D eigenvalue weighted by atomic mass is 9.90. The van der Waals surface area contributed by atoms with Crippen molar-refractivity contribution in [3.05, 3.63) is 131 Å². The Morgan fingerprint density at radius 2 is 1.44 bits per heavy atom. The first-order chi connectivity index (χ1) is 19.0. The summed E-state index contributed by atoms with van der Waals surface area (Å²) >= 11 is 0. The number of hydrogen-bond donors (Lipinski definition) is 2. The number of aliphatic hydroxyl groups excluding tert-OH is 1. The van der Waals surface area contributed by atoms with Gasteiger partial charge in [-0.2, -0.15) is 0 Å². The van der Waals surface area contributed by atoms with Crippen molar-refractivity contribution < 1.29 is 14.6 Å². The molecule has 0 unspecified atom stereocenters. The number of aliphatic hydroxyl groups is 1. The fraction of sp³-hybridized carbons (Fsp3) is 0.294. The molecule has 202 valence electrons. The summed E-state index contributed by atoms with van der Waals surface area (Å²) in [6.45, 7) is 4.39. The van der Waals surface area contributed by atoms with Gasteiger partial charge in [0, 0.05) is 31.1 Å². The van der Waals surface area contributed by atoms with Crippen LogP contribution in [0.5, 0.6) is 0 Å². The molecule has 4 aromatic carbocycles. The zero-order chi connectivity index (χ0) is 27.2. The van der Waals surface area contributed by atoms with Crippen LogP contribution in [0.3, 0.4) is 0 Å². The quantitative estimate of drug-likeness (QED) is 0.273. The summed E-state index contributed by atoms with van der Waals surface area (Å²) in [7, 11) is 2.14. The molecule has 1 fully saturated rings. The summed E-state index contributed by atoms with van der Waals surface area (Å²) in [6, 6.07) is 35.4. The Hall–Kier alpha value is -3.32. The van der Waals surface area contributed by atoms with Crippen LogP contribution in [0.2, 0.25) is 0 Å². The molecule has 5 heteroatoms. The molecular formula is C34H38N2O3. The average Bonchev–Trinajstić information content (AvgIpc) is 2.99. The minimum absolute atomic E-state index is 0.0270. The van der Waals surface area contributed by atoms with Crippen LogP contribution < -0.4 is 5.73 Å². The lowest BCUT2D eigenvalue weighted by Gasteiger charge is -2.42. The molecule has 0 aromatic heterocycles. The smallest absolute Gasteiger partial charge is 0.184 e. The minimum atomic E-state index is -0.483. The van der Waals surface area contributed by atoms with Crippen LogP contribution in [0.15, 0.2) is 103 Å². The molecule has 1 saturated heterocycles. The van der Waals surface area contributed by atoms with E-state index in [0.29, 0.717) is 6.54 Å². The zero-order valence-corrected chi connectivity index (χ0v) is 22.7. The molecule has 0 saturated carbocycles. The van der Waals surface area contributed by atoms with Crippen LogP contribution in [0.1, 0.15) is 47.1 Å². The molecule has 4 atom stereocenters. The Balaban J connectivity index is 1.38. The number of ether oxygens (including phenoxy) is 2. The summed E-state index contributed by atoms with van der Waals surface area (Å²) in [5.41, 5.74) is 13.5. The molecule has 1 aliphatic heterocycles. The van der Waals surface area contributed by atoms with Crippen LogP contribution in [0, 0.1) is 5.92 Å². The summed E-state index contributed by atoms with van der Waals surface area (Å²) in [6.07, 6.45) is -0.642. The predicted molar refractivity (Wildman–Crippen MR) is 156 cm³/mol. The molecule has 0 amide bonds. The summed E-state index contributed by atoms with van der Waals surface area (Å²) in [5, 5.41) is 9.51. The van der Waals surface area contributed by atoms with Gasteiger partial charge in [-0.15, -0.1) is 0 Å². The monoisotopic (exact) mass is 522 g/mol. The number of rotatable bonds is 9. The maximum Gasteiger partial charge on any atom is 0.184 e. The second-order valence-electron chi connectivity index (χ2n) is 10.5. The van der Waals surface area contributed by atoms with Gasteiger partial charge >= 0.3 is 0 Å². The summed E-state index contributed by atoms with van der Waals surface area (Å²) in [5.74, 6) is 0.137. The molecule has 1 heterocycles. The highest BCUT2D eigenvalue weighted by Gasteiger charge is 2.38. The molecule has 5 rings (SSSR count). The van der Waals surface area contributed by atoms with Crippen molar-refractivity contribution in [3.8, 4) is 11.1 Å². The largest absolute Gasteiger partial charge is 0.392 e. The van der Waals surface area contributed by atoms with Crippen molar-refractivity contribution >= 4 is 0 Å². The first-order valence-corrected chi connectivity index (χ1v) is 13.7. The van der Waals surface area contributed by atoms with E-state index >= 15 is 0 Å². The van der Waals surface area contributed by atoms with Crippen molar-refractivity contribution in [2.24, 2.45) is 11.7 Å². The topological polar surface area (TPSA) is 68.0 Å². The van der Waals surface area contributed by atoms with E-state index in [9.17, 15) is 5.11 Å². The van der Waals surface area contributed by atoms with Gasteiger partial charge in [-0.05, 0) is 46.5 Å². The third-order valence-corrected chi connectivity index (χ3v) is 7.59. The molecule has 0 bridgehead atoms. The average molecular weight is 523 g/mol. The van der Waals surface area contributed by atoms with Crippen molar-refractivity contribution in [1.82, 2.24) is 4.90 Å². The first-order valence-electron chi connectivity index (χ1n) is 13.7. The third kappa shape index (κ3) is 6.64. The van der Waals surface area contributed by atoms with Crippen LogP contribution in [-0.4, -0.2) is 29.7 Å². The molecule has 0 aliphatic carbocycles. The molecule has 3 N–H and O–H groups in total. The van der Waals surface area contributed by atoms with Gasteiger partial charge in [-0.3, -0.25) is 4.90 Å². The normalized spacial score (nSPS) is 21.3. The van der Waals surface area contributed by atoms with Crippen molar-refractivity contribution in [2.75, 3.05) is 13.6 Å². The second-order valence-corrected chi connectivity index (χ2v) is 10.5. The molecule has 4 aromatic rings. The summed E-state index contributed by atoms with van der Waals surface area (Å²) in [4.78, 5) is 2.32. The summed E-state index contributed by atoms with van der Waals surface area (Å²) < 4.78 is 13.3. The number of benzene rings is 4. The van der Waals surface area contributed by atoms with Gasteiger partial charge in [0.05, 0.1) is 18.8 Å². The van der Waals surface area contributed by atoms with Crippen LogP contribution in [0.4, 0.5) is 0 Å². The van der Waals surface area contributed by atoms with Crippen molar-refractivity contribution in [1.29, 1.82) is 0 Å². The molecule has 0 spiro atoms. The van der Waals surface area contributed by atoms with E-state index in [4.69, 9.17) is 15.2 Å². The fourth-order valence-corrected chi connectivity index (χ4v) is 5.31. The van der Waals surface area contributed by atoms with Gasteiger partial charge < -0.3 is 20.3 Å². The lowest BCUT2D eigenvalue weighted by molar-refractivity contribution is -0.276. The van der Waals surface area contributed by atoms with Crippen LogP contribution in [-0.2, 0) is 29.2 Å². The van der Waals surface area contributed by atoms with Gasteiger partial charge in [0.2, 0.25) is 0 Å². The first kappa shape index (κ1) is 27.3. The molecule has 5 nitrogen and oxygen atoms in total. The van der Waals surface area contributed by atoms with Gasteiger partial charge in [0.25, 0.3) is 0 Å². The molecule has 39 heavy (non-hydrogen) atoms. The molecular weight excluding hydrogens is 484 g/mol. The van der Waals surface area contributed by atoms with E-state index in [1.165, 1.54) is 5.56 Å². The van der Waals surface area contributed by atoms with Gasteiger partial charge in [-0.1, -0.05) is 104 Å². The van der Waals surface area contributed by atoms with Gasteiger partial charge in [0.15, 0.2) is 6.29 Å². The van der Waals surface area contributed by atoms with E-state index in [2.05, 4.69) is 91.7 Å². The zero-order valence-electron chi connectivity index (χ0n) is 22.7. The van der Waals surface area contributed by atoms with E-state index in [1.54, 1.807) is 0 Å². The molecule has 1 aliphatic rings. The minimum Gasteiger partial charge on any atom is -0.392 e. The second kappa shape index (κ2) is 12.7. The van der Waals surface area contributed by atoms with Crippen molar-refractivity contribution in [2.45, 2.75) is 45.1 Å². The highest BCUT2D eigenvalue weighted by atomic mass is 16.7. The van der Waals surface area contributed by atoms with Crippen LogP contribution >= 0.6 is 0 Å². The van der Waals surface area contributed by atoms with E-state index in [0.717, 1.165) is 46.5 Å². The number of likely N-dealkylation sites (N-methyl/N-ethyl adjacent to an activating group) is 1. The number of nitrogens with two attached hydrogens (primary N) is 1. The van der Waals surface area contributed by atoms with Gasteiger partial charge in [-0.25, -0.2) is 0 Å². The van der Waals surface area contributed by atoms with E-state index < -0.39 is 6.29 Å². The SMILES string of the molecule is C[C@@H]1[C@H](CN(C)Cc2ccccc2)O[C@H](c2ccc(-c3cccc(CN)c3)cc2)O[C@@H]1c1ccc(CO)cc1. The highest BCUT2D eigenvalue weighted by Crippen LogP contribution is 2.42. The maximum atomic E-state index is 9.51. The number of nitrogens with zero attached hydrogens (tertiary/aromatic N) is 1. The van der Waals surface area contributed by atoms with Crippen LogP contribution in [0.25, 0.3) is 11.1 Å². The predicted octanol–water partition coefficient (Wildman–Crippen LogP) is 6.23. The van der Waals surface area contributed by atoms with E-state index in [-0.39, 0.29) is 24.7 Å². The van der Waals surface area contributed by atoms with E-state index in [1.807, 2.05) is 30.3 Å². The Morgan fingerprint density at radius 3 is 2.13 bits per heavy atom.